The first-order chi connectivity index (χ1) is 17.1. The number of anilines is 3. The van der Waals surface area contributed by atoms with E-state index in [0.29, 0.717) is 66.0 Å². The number of aryl methyl sites for hydroxylation is 1. The van der Waals surface area contributed by atoms with E-state index in [1.807, 2.05) is 18.7 Å². The number of hydrogen-bond acceptors (Lipinski definition) is 7. The van der Waals surface area contributed by atoms with E-state index in [4.69, 9.17) is 11.6 Å². The summed E-state index contributed by atoms with van der Waals surface area (Å²) in [5.74, 6) is 0.734. The first-order valence-electron chi connectivity index (χ1n) is 12.2. The number of alkyl halides is 1. The average molecular weight is 517 g/mol. The van der Waals surface area contributed by atoms with Crippen molar-refractivity contribution in [2.24, 2.45) is 24.8 Å². The fourth-order valence-corrected chi connectivity index (χ4v) is 5.44. The number of piperidine rings is 1. The van der Waals surface area contributed by atoms with Crippen molar-refractivity contribution in [2.45, 2.75) is 45.5 Å². The summed E-state index contributed by atoms with van der Waals surface area (Å²) in [6.45, 7) is 5.16. The SMILES string of the molecule is C[C@@H]1CN(c2ncc(Cl)c(Nc3ccc4c(c3)n(C[C@H]3C[C@@H](O)C3)c(=O)c(=O)n4C)n2)C[C@H](C)C1F. The zero-order valence-corrected chi connectivity index (χ0v) is 21.2. The minimum atomic E-state index is -0.861. The fourth-order valence-electron chi connectivity index (χ4n) is 5.30. The van der Waals surface area contributed by atoms with Gasteiger partial charge in [0.1, 0.15) is 11.2 Å². The van der Waals surface area contributed by atoms with Crippen LogP contribution in [0.2, 0.25) is 5.02 Å². The number of halogens is 2. The van der Waals surface area contributed by atoms with Gasteiger partial charge in [-0.25, -0.2) is 9.37 Å². The summed E-state index contributed by atoms with van der Waals surface area (Å²) in [4.78, 5) is 36.3. The normalized spacial score (nSPS) is 26.2. The van der Waals surface area contributed by atoms with Crippen LogP contribution in [0.25, 0.3) is 11.0 Å². The Kier molecular flexibility index (Phi) is 6.50. The van der Waals surface area contributed by atoms with E-state index in [-0.39, 0.29) is 23.9 Å². The monoisotopic (exact) mass is 516 g/mol. The molecule has 0 radical (unpaired) electrons. The predicted octanol–water partition coefficient (Wildman–Crippen LogP) is 3.09. The van der Waals surface area contributed by atoms with E-state index >= 15 is 0 Å². The van der Waals surface area contributed by atoms with Gasteiger partial charge in [0.2, 0.25) is 5.95 Å². The van der Waals surface area contributed by atoms with Crippen LogP contribution in [0.15, 0.2) is 34.0 Å². The summed E-state index contributed by atoms with van der Waals surface area (Å²) >= 11 is 6.40. The van der Waals surface area contributed by atoms with Gasteiger partial charge in [-0.1, -0.05) is 25.4 Å². The van der Waals surface area contributed by atoms with Crippen LogP contribution in [-0.2, 0) is 13.6 Å². The molecule has 1 aromatic carbocycles. The summed E-state index contributed by atoms with van der Waals surface area (Å²) in [7, 11) is 1.58. The van der Waals surface area contributed by atoms with Gasteiger partial charge in [0.05, 0.1) is 23.3 Å². The largest absolute Gasteiger partial charge is 0.393 e. The minimum absolute atomic E-state index is 0.134. The number of fused-ring (bicyclic) bond motifs is 1. The summed E-state index contributed by atoms with van der Waals surface area (Å²) in [6, 6.07) is 5.36. The highest BCUT2D eigenvalue weighted by Gasteiger charge is 2.33. The number of nitrogens with one attached hydrogen (secondary N) is 1. The zero-order chi connectivity index (χ0) is 25.7. The Bertz CT molecular complexity index is 1410. The van der Waals surface area contributed by atoms with Gasteiger partial charge in [-0.05, 0) is 37.0 Å². The molecule has 1 aliphatic heterocycles. The summed E-state index contributed by atoms with van der Waals surface area (Å²) in [6.07, 6.45) is 1.53. The molecular weight excluding hydrogens is 487 g/mol. The maximum Gasteiger partial charge on any atom is 0.316 e. The van der Waals surface area contributed by atoms with Crippen LogP contribution in [0.1, 0.15) is 26.7 Å². The van der Waals surface area contributed by atoms with Crippen molar-refractivity contribution < 1.29 is 9.50 Å². The molecule has 36 heavy (non-hydrogen) atoms. The van der Waals surface area contributed by atoms with Crippen LogP contribution in [0.4, 0.5) is 21.8 Å². The summed E-state index contributed by atoms with van der Waals surface area (Å²) in [5.41, 5.74) is 0.680. The molecule has 0 amide bonds. The lowest BCUT2D eigenvalue weighted by Crippen LogP contribution is -2.46. The van der Waals surface area contributed by atoms with Crippen molar-refractivity contribution in [3.63, 3.8) is 0 Å². The zero-order valence-electron chi connectivity index (χ0n) is 20.5. The Labute approximate surface area is 212 Å². The van der Waals surface area contributed by atoms with E-state index < -0.39 is 17.3 Å². The third-order valence-corrected chi connectivity index (χ3v) is 7.67. The molecular formula is C25H30ClFN6O3. The van der Waals surface area contributed by atoms with Crippen molar-refractivity contribution >= 4 is 40.1 Å². The lowest BCUT2D eigenvalue weighted by atomic mass is 9.82. The topological polar surface area (TPSA) is 105 Å². The van der Waals surface area contributed by atoms with Crippen molar-refractivity contribution in [2.75, 3.05) is 23.3 Å². The Hall–Kier alpha value is -2.98. The molecule has 3 heterocycles. The third kappa shape index (κ3) is 4.48. The highest BCUT2D eigenvalue weighted by atomic mass is 35.5. The molecule has 2 aliphatic rings. The average Bonchev–Trinajstić information content (AvgIpc) is 2.83. The number of hydrogen-bond donors (Lipinski definition) is 2. The van der Waals surface area contributed by atoms with E-state index in [1.54, 1.807) is 25.2 Å². The van der Waals surface area contributed by atoms with Crippen molar-refractivity contribution in [3.8, 4) is 0 Å². The van der Waals surface area contributed by atoms with E-state index in [9.17, 15) is 19.1 Å². The second kappa shape index (κ2) is 9.48. The van der Waals surface area contributed by atoms with Gasteiger partial charge >= 0.3 is 11.1 Å². The highest BCUT2D eigenvalue weighted by Crippen LogP contribution is 2.32. The number of rotatable bonds is 5. The number of aliphatic hydroxyl groups excluding tert-OH is 1. The molecule has 11 heteroatoms. The van der Waals surface area contributed by atoms with Crippen LogP contribution in [-0.4, -0.2) is 49.6 Å². The molecule has 2 N–H and O–H groups in total. The Balaban J connectivity index is 1.48. The van der Waals surface area contributed by atoms with E-state index in [1.165, 1.54) is 15.3 Å². The van der Waals surface area contributed by atoms with Crippen molar-refractivity contribution in [1.82, 2.24) is 19.1 Å². The van der Waals surface area contributed by atoms with Gasteiger partial charge in [-0.3, -0.25) is 9.59 Å². The van der Waals surface area contributed by atoms with E-state index in [2.05, 4.69) is 15.3 Å². The molecule has 2 aromatic heterocycles. The number of nitrogens with zero attached hydrogens (tertiary/aromatic N) is 5. The summed E-state index contributed by atoms with van der Waals surface area (Å²) in [5, 5.41) is 13.2. The molecule has 2 fully saturated rings. The first kappa shape index (κ1) is 24.7. The molecule has 3 aromatic rings. The second-order valence-electron chi connectivity index (χ2n) is 10.3. The molecule has 1 aliphatic carbocycles. The lowest BCUT2D eigenvalue weighted by molar-refractivity contribution is 0.0353. The number of aromatic nitrogens is 4. The Morgan fingerprint density at radius 3 is 2.50 bits per heavy atom. The van der Waals surface area contributed by atoms with Crippen LogP contribution in [0, 0.1) is 17.8 Å². The first-order valence-corrected chi connectivity index (χ1v) is 12.6. The second-order valence-corrected chi connectivity index (χ2v) is 10.7. The maximum absolute atomic E-state index is 14.3. The van der Waals surface area contributed by atoms with Gasteiger partial charge in [0.15, 0.2) is 5.82 Å². The number of benzene rings is 1. The smallest absolute Gasteiger partial charge is 0.316 e. The molecule has 5 rings (SSSR count). The summed E-state index contributed by atoms with van der Waals surface area (Å²) < 4.78 is 17.1. The van der Waals surface area contributed by atoms with Gasteiger partial charge < -0.3 is 24.5 Å². The van der Waals surface area contributed by atoms with Crippen LogP contribution >= 0.6 is 11.6 Å². The molecule has 0 spiro atoms. The number of aliphatic hydroxyl groups is 1. The molecule has 192 valence electrons. The van der Waals surface area contributed by atoms with Gasteiger partial charge in [0, 0.05) is 44.2 Å². The Morgan fingerprint density at radius 2 is 1.83 bits per heavy atom. The van der Waals surface area contributed by atoms with Crippen LogP contribution in [0.5, 0.6) is 0 Å². The highest BCUT2D eigenvalue weighted by molar-refractivity contribution is 6.32. The third-order valence-electron chi connectivity index (χ3n) is 7.39. The van der Waals surface area contributed by atoms with Crippen LogP contribution in [0.3, 0.4) is 0 Å². The molecule has 3 atom stereocenters. The molecule has 1 unspecified atom stereocenters. The molecule has 0 bridgehead atoms. The van der Waals surface area contributed by atoms with Gasteiger partial charge in [-0.15, -0.1) is 0 Å². The minimum Gasteiger partial charge on any atom is -0.393 e. The fraction of sp³-hybridized carbons (Fsp3) is 0.520. The predicted molar refractivity (Wildman–Crippen MR) is 138 cm³/mol. The van der Waals surface area contributed by atoms with E-state index in [0.717, 1.165) is 0 Å². The van der Waals surface area contributed by atoms with Gasteiger partial charge in [-0.2, -0.15) is 4.98 Å². The molecule has 1 saturated carbocycles. The molecule has 1 saturated heterocycles. The standard InChI is InChI=1S/C25H30ClFN6O3/c1-13-10-32(11-14(2)21(13)27)25-28-9-18(26)22(30-25)29-16-4-5-19-20(8-16)33(12-15-6-17(34)7-15)24(36)23(35)31(19)3/h4-5,8-9,13-15,17,21,34H,6-7,10-12H2,1-3H3,(H,28,29,30)/t13-,14+,15-,17+,21?. The molecule has 9 nitrogen and oxygen atoms in total. The Morgan fingerprint density at radius 1 is 1.14 bits per heavy atom. The van der Waals surface area contributed by atoms with Gasteiger partial charge in [0.25, 0.3) is 0 Å². The van der Waals surface area contributed by atoms with Crippen molar-refractivity contribution in [3.05, 3.63) is 50.1 Å². The van der Waals surface area contributed by atoms with Crippen molar-refractivity contribution in [1.29, 1.82) is 0 Å². The quantitative estimate of drug-likeness (QED) is 0.502. The lowest BCUT2D eigenvalue weighted by Gasteiger charge is -2.37. The maximum atomic E-state index is 14.3. The van der Waals surface area contributed by atoms with Crippen LogP contribution < -0.4 is 21.3 Å².